The van der Waals surface area contributed by atoms with E-state index in [1.54, 1.807) is 0 Å². The van der Waals surface area contributed by atoms with E-state index in [0.717, 1.165) is 23.9 Å². The molecular weight excluding hydrogens is 158 g/mol. The van der Waals surface area contributed by atoms with Gasteiger partial charge < -0.3 is 4.90 Å². The average Bonchev–Trinajstić information content (AvgIpc) is 2.09. The standard InChI is InChI=1S/C12H25N/c1-6-12-8-11(9(2)3)7-10(4)13(12)5/h9-12H,6-8H2,1-5H3. The highest BCUT2D eigenvalue weighted by atomic mass is 15.2. The number of hydrogen-bond donors (Lipinski definition) is 0. The molecule has 13 heavy (non-hydrogen) atoms. The number of piperidine rings is 1. The van der Waals surface area contributed by atoms with Crippen molar-refractivity contribution in [2.45, 2.75) is 59.0 Å². The molecule has 0 saturated carbocycles. The maximum Gasteiger partial charge on any atom is 0.00951 e. The normalized spacial score (nSPS) is 36.9. The highest BCUT2D eigenvalue weighted by Crippen LogP contribution is 2.32. The zero-order chi connectivity index (χ0) is 10.0. The van der Waals surface area contributed by atoms with Gasteiger partial charge in [0, 0.05) is 12.1 Å². The summed E-state index contributed by atoms with van der Waals surface area (Å²) < 4.78 is 0. The smallest absolute Gasteiger partial charge is 0.00951 e. The molecule has 1 heteroatoms. The van der Waals surface area contributed by atoms with Crippen molar-refractivity contribution in [2.75, 3.05) is 7.05 Å². The van der Waals surface area contributed by atoms with Crippen LogP contribution in [-0.2, 0) is 0 Å². The second-order valence-electron chi connectivity index (χ2n) is 5.05. The second-order valence-corrected chi connectivity index (χ2v) is 5.05. The lowest BCUT2D eigenvalue weighted by Crippen LogP contribution is -2.46. The average molecular weight is 183 g/mol. The number of nitrogens with zero attached hydrogens (tertiary/aromatic N) is 1. The van der Waals surface area contributed by atoms with Crippen LogP contribution in [-0.4, -0.2) is 24.0 Å². The summed E-state index contributed by atoms with van der Waals surface area (Å²) in [5.74, 6) is 1.82. The van der Waals surface area contributed by atoms with Gasteiger partial charge in [0.15, 0.2) is 0 Å². The van der Waals surface area contributed by atoms with Crippen molar-refractivity contribution < 1.29 is 0 Å². The fourth-order valence-corrected chi connectivity index (χ4v) is 2.58. The van der Waals surface area contributed by atoms with Crippen molar-refractivity contribution in [3.63, 3.8) is 0 Å². The quantitative estimate of drug-likeness (QED) is 0.635. The van der Waals surface area contributed by atoms with Crippen molar-refractivity contribution in [1.29, 1.82) is 0 Å². The van der Waals surface area contributed by atoms with Crippen LogP contribution in [0.5, 0.6) is 0 Å². The van der Waals surface area contributed by atoms with E-state index in [2.05, 4.69) is 39.6 Å². The van der Waals surface area contributed by atoms with Gasteiger partial charge >= 0.3 is 0 Å². The predicted molar refractivity (Wildman–Crippen MR) is 58.9 cm³/mol. The summed E-state index contributed by atoms with van der Waals surface area (Å²) in [6, 6.07) is 1.61. The Labute approximate surface area is 83.5 Å². The number of rotatable bonds is 2. The Morgan fingerprint density at radius 1 is 1.31 bits per heavy atom. The van der Waals surface area contributed by atoms with E-state index in [9.17, 15) is 0 Å². The van der Waals surface area contributed by atoms with Gasteiger partial charge in [0.05, 0.1) is 0 Å². The van der Waals surface area contributed by atoms with Crippen LogP contribution in [0.15, 0.2) is 0 Å². The van der Waals surface area contributed by atoms with Gasteiger partial charge in [0.2, 0.25) is 0 Å². The Balaban J connectivity index is 2.58. The van der Waals surface area contributed by atoms with Gasteiger partial charge in [-0.25, -0.2) is 0 Å². The fraction of sp³-hybridized carbons (Fsp3) is 1.00. The largest absolute Gasteiger partial charge is 0.301 e. The number of likely N-dealkylation sites (tertiary alicyclic amines) is 1. The minimum atomic E-state index is 0.783. The molecule has 0 aromatic heterocycles. The Kier molecular flexibility index (Phi) is 3.78. The van der Waals surface area contributed by atoms with Crippen LogP contribution in [0.25, 0.3) is 0 Å². The van der Waals surface area contributed by atoms with Crippen LogP contribution in [0.4, 0.5) is 0 Å². The summed E-state index contributed by atoms with van der Waals surface area (Å²) in [7, 11) is 2.29. The fourth-order valence-electron chi connectivity index (χ4n) is 2.58. The maximum absolute atomic E-state index is 2.57. The molecule has 0 aliphatic carbocycles. The molecular formula is C12H25N. The Morgan fingerprint density at radius 3 is 2.38 bits per heavy atom. The van der Waals surface area contributed by atoms with Gasteiger partial charge in [-0.1, -0.05) is 20.8 Å². The lowest BCUT2D eigenvalue weighted by atomic mass is 9.79. The lowest BCUT2D eigenvalue weighted by molar-refractivity contribution is 0.0673. The van der Waals surface area contributed by atoms with Gasteiger partial charge in [0.25, 0.3) is 0 Å². The van der Waals surface area contributed by atoms with Crippen LogP contribution < -0.4 is 0 Å². The summed E-state index contributed by atoms with van der Waals surface area (Å²) in [6.45, 7) is 9.43. The van der Waals surface area contributed by atoms with Gasteiger partial charge in [-0.3, -0.25) is 0 Å². The van der Waals surface area contributed by atoms with Gasteiger partial charge in [-0.2, -0.15) is 0 Å². The van der Waals surface area contributed by atoms with Crippen LogP contribution >= 0.6 is 0 Å². The first-order chi connectivity index (χ1) is 6.06. The zero-order valence-electron chi connectivity index (χ0n) is 9.88. The predicted octanol–water partition coefficient (Wildman–Crippen LogP) is 3.15. The first-order valence-electron chi connectivity index (χ1n) is 5.78. The molecule has 1 fully saturated rings. The van der Waals surface area contributed by atoms with E-state index in [1.807, 2.05) is 0 Å². The van der Waals surface area contributed by atoms with Crippen LogP contribution in [0.2, 0.25) is 0 Å². The van der Waals surface area contributed by atoms with Crippen molar-refractivity contribution in [2.24, 2.45) is 11.8 Å². The molecule has 78 valence electrons. The second kappa shape index (κ2) is 4.45. The summed E-state index contributed by atoms with van der Waals surface area (Å²) in [5, 5.41) is 0. The summed E-state index contributed by atoms with van der Waals surface area (Å²) in [5.41, 5.74) is 0. The highest BCUT2D eigenvalue weighted by molar-refractivity contribution is 4.85. The Bertz CT molecular complexity index is 153. The van der Waals surface area contributed by atoms with Gasteiger partial charge in [-0.05, 0) is 45.1 Å². The van der Waals surface area contributed by atoms with E-state index in [0.29, 0.717) is 0 Å². The van der Waals surface area contributed by atoms with E-state index in [-0.39, 0.29) is 0 Å². The van der Waals surface area contributed by atoms with Crippen LogP contribution in [0, 0.1) is 11.8 Å². The monoisotopic (exact) mass is 183 g/mol. The van der Waals surface area contributed by atoms with E-state index < -0.39 is 0 Å². The molecule has 1 rings (SSSR count). The molecule has 1 heterocycles. The first-order valence-corrected chi connectivity index (χ1v) is 5.78. The molecule has 0 N–H and O–H groups in total. The molecule has 1 aliphatic rings. The molecule has 0 spiro atoms. The molecule has 0 aromatic carbocycles. The third kappa shape index (κ3) is 2.46. The maximum atomic E-state index is 2.57. The molecule has 3 unspecified atom stereocenters. The van der Waals surface area contributed by atoms with Crippen LogP contribution in [0.3, 0.4) is 0 Å². The first kappa shape index (κ1) is 11.0. The SMILES string of the molecule is CCC1CC(C(C)C)CC(C)N1C. The summed E-state index contributed by atoms with van der Waals surface area (Å²) >= 11 is 0. The van der Waals surface area contributed by atoms with E-state index in [4.69, 9.17) is 0 Å². The third-order valence-corrected chi connectivity index (χ3v) is 3.90. The minimum absolute atomic E-state index is 0.783. The van der Waals surface area contributed by atoms with Gasteiger partial charge in [0.1, 0.15) is 0 Å². The van der Waals surface area contributed by atoms with E-state index in [1.165, 1.54) is 19.3 Å². The Morgan fingerprint density at radius 2 is 1.92 bits per heavy atom. The highest BCUT2D eigenvalue weighted by Gasteiger charge is 2.30. The summed E-state index contributed by atoms with van der Waals surface area (Å²) in [6.07, 6.45) is 4.11. The molecule has 1 aliphatic heterocycles. The molecule has 0 amide bonds. The zero-order valence-corrected chi connectivity index (χ0v) is 9.88. The lowest BCUT2D eigenvalue weighted by Gasteiger charge is -2.43. The Hall–Kier alpha value is -0.0400. The molecule has 0 bridgehead atoms. The summed E-state index contributed by atoms with van der Waals surface area (Å²) in [4.78, 5) is 2.57. The van der Waals surface area contributed by atoms with Crippen molar-refractivity contribution in [1.82, 2.24) is 4.90 Å². The molecule has 0 aromatic rings. The molecule has 0 radical (unpaired) electrons. The third-order valence-electron chi connectivity index (χ3n) is 3.90. The van der Waals surface area contributed by atoms with Crippen molar-refractivity contribution >= 4 is 0 Å². The van der Waals surface area contributed by atoms with Crippen LogP contribution in [0.1, 0.15) is 47.0 Å². The number of hydrogen-bond acceptors (Lipinski definition) is 1. The van der Waals surface area contributed by atoms with Crippen molar-refractivity contribution in [3.05, 3.63) is 0 Å². The minimum Gasteiger partial charge on any atom is -0.301 e. The molecule has 1 nitrogen and oxygen atoms in total. The van der Waals surface area contributed by atoms with Gasteiger partial charge in [-0.15, -0.1) is 0 Å². The van der Waals surface area contributed by atoms with Crippen molar-refractivity contribution in [3.8, 4) is 0 Å². The topological polar surface area (TPSA) is 3.24 Å². The van der Waals surface area contributed by atoms with E-state index >= 15 is 0 Å². The molecule has 1 saturated heterocycles. The molecule has 3 atom stereocenters.